The first-order chi connectivity index (χ1) is 6.24. The van der Waals surface area contributed by atoms with Crippen LogP contribution in [-0.4, -0.2) is 17.4 Å². The largest absolute Gasteiger partial charge is 0.507 e. The van der Waals surface area contributed by atoms with Crippen molar-refractivity contribution in [3.05, 3.63) is 29.8 Å². The Balaban J connectivity index is 2.74. The molecular formula is C11H15NO. The molecule has 0 fully saturated rings. The Bertz CT molecular complexity index is 294. The Hall–Kier alpha value is -1.31. The number of hydrogen-bond acceptors (Lipinski definition) is 2. The predicted molar refractivity (Wildman–Crippen MR) is 55.5 cm³/mol. The monoisotopic (exact) mass is 177 g/mol. The van der Waals surface area contributed by atoms with Crippen LogP contribution in [0.2, 0.25) is 0 Å². The summed E-state index contributed by atoms with van der Waals surface area (Å²) in [5.41, 5.74) is 0.780. The normalized spacial score (nSPS) is 13.4. The predicted octanol–water partition coefficient (Wildman–Crippen LogP) is 2.61. The van der Waals surface area contributed by atoms with Gasteiger partial charge in [0, 0.05) is 17.8 Å². The smallest absolute Gasteiger partial charge is 0.124 e. The molecule has 0 heterocycles. The third-order valence-electron chi connectivity index (χ3n) is 2.00. The van der Waals surface area contributed by atoms with Crippen LogP contribution in [0, 0.1) is 0 Å². The molecule has 13 heavy (non-hydrogen) atoms. The van der Waals surface area contributed by atoms with E-state index in [1.54, 1.807) is 18.3 Å². The molecule has 0 radical (unpaired) electrons. The van der Waals surface area contributed by atoms with Crippen molar-refractivity contribution in [1.82, 2.24) is 0 Å². The highest BCUT2D eigenvalue weighted by Gasteiger charge is 1.96. The Kier molecular flexibility index (Phi) is 3.50. The molecule has 0 bridgehead atoms. The SMILES string of the molecule is CC[C@H](C)N=Cc1ccccc1O. The van der Waals surface area contributed by atoms with Crippen molar-refractivity contribution >= 4 is 6.21 Å². The molecule has 0 unspecified atom stereocenters. The zero-order valence-corrected chi connectivity index (χ0v) is 8.07. The molecule has 0 aliphatic rings. The van der Waals surface area contributed by atoms with Crippen LogP contribution < -0.4 is 0 Å². The first-order valence-corrected chi connectivity index (χ1v) is 4.55. The molecule has 0 amide bonds. The van der Waals surface area contributed by atoms with Gasteiger partial charge in [-0.3, -0.25) is 4.99 Å². The summed E-state index contributed by atoms with van der Waals surface area (Å²) in [6.45, 7) is 4.14. The summed E-state index contributed by atoms with van der Waals surface area (Å²) in [5, 5.41) is 9.40. The molecule has 0 aliphatic heterocycles. The van der Waals surface area contributed by atoms with E-state index in [1.807, 2.05) is 12.1 Å². The Morgan fingerprint density at radius 2 is 2.15 bits per heavy atom. The molecule has 0 aromatic heterocycles. The lowest BCUT2D eigenvalue weighted by Gasteiger charge is -2.01. The van der Waals surface area contributed by atoms with Gasteiger partial charge in [0.25, 0.3) is 0 Å². The lowest BCUT2D eigenvalue weighted by Crippen LogP contribution is -1.95. The van der Waals surface area contributed by atoms with E-state index in [4.69, 9.17) is 0 Å². The van der Waals surface area contributed by atoms with Crippen LogP contribution in [-0.2, 0) is 0 Å². The van der Waals surface area contributed by atoms with Crippen LogP contribution in [0.25, 0.3) is 0 Å². The van der Waals surface area contributed by atoms with Gasteiger partial charge in [-0.1, -0.05) is 19.1 Å². The van der Waals surface area contributed by atoms with E-state index in [9.17, 15) is 5.11 Å². The second kappa shape index (κ2) is 4.65. The number of benzene rings is 1. The van der Waals surface area contributed by atoms with E-state index in [2.05, 4.69) is 18.8 Å². The third-order valence-corrected chi connectivity index (χ3v) is 2.00. The number of nitrogens with zero attached hydrogens (tertiary/aromatic N) is 1. The molecule has 1 rings (SSSR count). The molecule has 70 valence electrons. The highest BCUT2D eigenvalue weighted by Crippen LogP contribution is 2.13. The molecule has 2 nitrogen and oxygen atoms in total. The Morgan fingerprint density at radius 3 is 2.77 bits per heavy atom. The van der Waals surface area contributed by atoms with Gasteiger partial charge in [-0.15, -0.1) is 0 Å². The van der Waals surface area contributed by atoms with Crippen LogP contribution in [0.3, 0.4) is 0 Å². The van der Waals surface area contributed by atoms with Crippen LogP contribution in [0.5, 0.6) is 5.75 Å². The fourth-order valence-electron chi connectivity index (χ4n) is 0.910. The zero-order chi connectivity index (χ0) is 9.68. The lowest BCUT2D eigenvalue weighted by atomic mass is 10.2. The summed E-state index contributed by atoms with van der Waals surface area (Å²) in [4.78, 5) is 4.29. The quantitative estimate of drug-likeness (QED) is 0.707. The van der Waals surface area contributed by atoms with E-state index < -0.39 is 0 Å². The Labute approximate surface area is 78.9 Å². The van der Waals surface area contributed by atoms with Crippen molar-refractivity contribution in [3.63, 3.8) is 0 Å². The molecule has 1 N–H and O–H groups in total. The van der Waals surface area contributed by atoms with Gasteiger partial charge in [-0.25, -0.2) is 0 Å². The van der Waals surface area contributed by atoms with E-state index in [-0.39, 0.29) is 5.75 Å². The average Bonchev–Trinajstić information content (AvgIpc) is 2.16. The van der Waals surface area contributed by atoms with Gasteiger partial charge in [0.2, 0.25) is 0 Å². The highest BCUT2D eigenvalue weighted by molar-refractivity contribution is 5.83. The molecule has 0 aliphatic carbocycles. The van der Waals surface area contributed by atoms with Gasteiger partial charge in [0.1, 0.15) is 5.75 Å². The summed E-state index contributed by atoms with van der Waals surface area (Å²) in [5.74, 6) is 0.287. The van der Waals surface area contributed by atoms with Gasteiger partial charge >= 0.3 is 0 Å². The fourth-order valence-corrected chi connectivity index (χ4v) is 0.910. The van der Waals surface area contributed by atoms with Crippen LogP contribution in [0.15, 0.2) is 29.3 Å². The number of para-hydroxylation sites is 1. The van der Waals surface area contributed by atoms with Crippen molar-refractivity contribution in [3.8, 4) is 5.75 Å². The number of phenols is 1. The van der Waals surface area contributed by atoms with Crippen molar-refractivity contribution in [2.24, 2.45) is 4.99 Å². The number of aromatic hydroxyl groups is 1. The van der Waals surface area contributed by atoms with E-state index in [0.717, 1.165) is 12.0 Å². The second-order valence-electron chi connectivity index (χ2n) is 3.09. The number of phenolic OH excluding ortho intramolecular Hbond substituents is 1. The van der Waals surface area contributed by atoms with Crippen molar-refractivity contribution in [2.45, 2.75) is 26.3 Å². The molecule has 0 spiro atoms. The van der Waals surface area contributed by atoms with Crippen LogP contribution in [0.4, 0.5) is 0 Å². The van der Waals surface area contributed by atoms with Crippen molar-refractivity contribution in [2.75, 3.05) is 0 Å². The molecule has 1 aromatic rings. The van der Waals surface area contributed by atoms with Crippen molar-refractivity contribution in [1.29, 1.82) is 0 Å². The first-order valence-electron chi connectivity index (χ1n) is 4.55. The zero-order valence-electron chi connectivity index (χ0n) is 8.07. The fraction of sp³-hybridized carbons (Fsp3) is 0.364. The highest BCUT2D eigenvalue weighted by atomic mass is 16.3. The molecular weight excluding hydrogens is 162 g/mol. The summed E-state index contributed by atoms with van der Waals surface area (Å²) in [6, 6.07) is 7.52. The Morgan fingerprint density at radius 1 is 1.46 bits per heavy atom. The van der Waals surface area contributed by atoms with E-state index in [1.165, 1.54) is 0 Å². The average molecular weight is 177 g/mol. The maximum absolute atomic E-state index is 9.40. The second-order valence-corrected chi connectivity index (χ2v) is 3.09. The molecule has 2 heteroatoms. The van der Waals surface area contributed by atoms with Gasteiger partial charge in [0.05, 0.1) is 0 Å². The summed E-state index contributed by atoms with van der Waals surface area (Å²) in [6.07, 6.45) is 2.74. The van der Waals surface area contributed by atoms with Crippen LogP contribution in [0.1, 0.15) is 25.8 Å². The minimum atomic E-state index is 0.287. The number of rotatable bonds is 3. The maximum atomic E-state index is 9.40. The minimum Gasteiger partial charge on any atom is -0.507 e. The summed E-state index contributed by atoms with van der Waals surface area (Å²) < 4.78 is 0. The summed E-state index contributed by atoms with van der Waals surface area (Å²) in [7, 11) is 0. The topological polar surface area (TPSA) is 32.6 Å². The molecule has 0 saturated carbocycles. The van der Waals surface area contributed by atoms with Gasteiger partial charge < -0.3 is 5.11 Å². The standard InChI is InChI=1S/C11H15NO/c1-3-9(2)12-8-10-6-4-5-7-11(10)13/h4-9,13H,3H2,1-2H3/t9-/m0/s1. The van der Waals surface area contributed by atoms with Gasteiger partial charge in [-0.05, 0) is 25.5 Å². The van der Waals surface area contributed by atoms with Gasteiger partial charge in [0.15, 0.2) is 0 Å². The van der Waals surface area contributed by atoms with E-state index in [0.29, 0.717) is 6.04 Å². The number of hydrogen-bond donors (Lipinski definition) is 1. The molecule has 0 saturated heterocycles. The number of aliphatic imine (C=N–C) groups is 1. The third kappa shape index (κ3) is 2.90. The van der Waals surface area contributed by atoms with Crippen molar-refractivity contribution < 1.29 is 5.11 Å². The maximum Gasteiger partial charge on any atom is 0.124 e. The molecule has 1 atom stereocenters. The van der Waals surface area contributed by atoms with Gasteiger partial charge in [-0.2, -0.15) is 0 Å². The van der Waals surface area contributed by atoms with E-state index >= 15 is 0 Å². The lowest BCUT2D eigenvalue weighted by molar-refractivity contribution is 0.474. The first kappa shape index (κ1) is 9.78. The molecule has 1 aromatic carbocycles. The minimum absolute atomic E-state index is 0.287. The van der Waals surface area contributed by atoms with Crippen LogP contribution >= 0.6 is 0 Å². The summed E-state index contributed by atoms with van der Waals surface area (Å²) >= 11 is 0.